The highest BCUT2D eigenvalue weighted by molar-refractivity contribution is 7.89. The Bertz CT molecular complexity index is 1190. The van der Waals surface area contributed by atoms with Crippen molar-refractivity contribution in [1.29, 1.82) is 0 Å². The zero-order chi connectivity index (χ0) is 23.8. The lowest BCUT2D eigenvalue weighted by atomic mass is 10.1. The van der Waals surface area contributed by atoms with Crippen LogP contribution in [0.5, 0.6) is 11.5 Å². The van der Waals surface area contributed by atoms with Crippen LogP contribution in [-0.4, -0.2) is 50.5 Å². The van der Waals surface area contributed by atoms with Crippen LogP contribution in [-0.2, 0) is 32.6 Å². The maximum absolute atomic E-state index is 13.0. The molecule has 2 aliphatic heterocycles. The molecule has 176 valence electrons. The van der Waals surface area contributed by atoms with Gasteiger partial charge in [-0.05, 0) is 41.5 Å². The minimum Gasteiger partial charge on any atom is -0.454 e. The SMILES string of the molecule is CCN(CC)S(=O)(=O)c1ccc2c(c1)C[C@H](C(=O)NCc1ccc3c(c1)OCO3)N2C(C)=O. The molecule has 0 bridgehead atoms. The number of nitrogens with zero attached hydrogens (tertiary/aromatic N) is 2. The van der Waals surface area contributed by atoms with Gasteiger partial charge in [0.15, 0.2) is 11.5 Å². The monoisotopic (exact) mass is 473 g/mol. The highest BCUT2D eigenvalue weighted by atomic mass is 32.2. The van der Waals surface area contributed by atoms with E-state index in [0.29, 0.717) is 35.8 Å². The Hall–Kier alpha value is -3.11. The number of hydrogen-bond acceptors (Lipinski definition) is 6. The highest BCUT2D eigenvalue weighted by Gasteiger charge is 2.38. The molecular formula is C23H27N3O6S. The van der Waals surface area contributed by atoms with Crippen molar-refractivity contribution in [3.63, 3.8) is 0 Å². The molecule has 1 N–H and O–H groups in total. The first-order chi connectivity index (χ1) is 15.8. The summed E-state index contributed by atoms with van der Waals surface area (Å²) in [5.41, 5.74) is 2.05. The second-order valence-corrected chi connectivity index (χ2v) is 9.83. The first-order valence-corrected chi connectivity index (χ1v) is 12.3. The lowest BCUT2D eigenvalue weighted by Crippen LogP contribution is -2.47. The summed E-state index contributed by atoms with van der Waals surface area (Å²) < 4.78 is 37.9. The lowest BCUT2D eigenvalue weighted by molar-refractivity contribution is -0.125. The third-order valence-electron chi connectivity index (χ3n) is 5.92. The topological polar surface area (TPSA) is 105 Å². The zero-order valence-electron chi connectivity index (χ0n) is 18.8. The molecular weight excluding hydrogens is 446 g/mol. The summed E-state index contributed by atoms with van der Waals surface area (Å²) in [5.74, 6) is 0.695. The van der Waals surface area contributed by atoms with Crippen LogP contribution in [0.15, 0.2) is 41.3 Å². The first-order valence-electron chi connectivity index (χ1n) is 10.8. The van der Waals surface area contributed by atoms with Crippen LogP contribution >= 0.6 is 0 Å². The van der Waals surface area contributed by atoms with E-state index in [0.717, 1.165) is 5.56 Å². The average Bonchev–Trinajstić information content (AvgIpc) is 3.41. The summed E-state index contributed by atoms with van der Waals surface area (Å²) in [4.78, 5) is 27.0. The highest BCUT2D eigenvalue weighted by Crippen LogP contribution is 2.35. The van der Waals surface area contributed by atoms with Crippen LogP contribution in [0, 0.1) is 0 Å². The van der Waals surface area contributed by atoms with Crippen molar-refractivity contribution in [2.45, 2.75) is 44.7 Å². The van der Waals surface area contributed by atoms with Gasteiger partial charge in [-0.2, -0.15) is 4.31 Å². The molecule has 0 saturated carbocycles. The molecule has 2 amide bonds. The van der Waals surface area contributed by atoms with E-state index in [1.165, 1.54) is 22.2 Å². The van der Waals surface area contributed by atoms with Gasteiger partial charge in [-0.15, -0.1) is 0 Å². The fourth-order valence-electron chi connectivity index (χ4n) is 4.26. The number of nitrogens with one attached hydrogen (secondary N) is 1. The summed E-state index contributed by atoms with van der Waals surface area (Å²) in [6, 6.07) is 9.36. The van der Waals surface area contributed by atoms with E-state index < -0.39 is 16.1 Å². The van der Waals surface area contributed by atoms with E-state index in [-0.39, 0.29) is 36.5 Å². The molecule has 0 aliphatic carbocycles. The molecule has 0 radical (unpaired) electrons. The number of fused-ring (bicyclic) bond motifs is 2. The fourth-order valence-corrected chi connectivity index (χ4v) is 5.77. The van der Waals surface area contributed by atoms with Crippen LogP contribution in [0.2, 0.25) is 0 Å². The Labute approximate surface area is 193 Å². The number of hydrogen-bond donors (Lipinski definition) is 1. The number of anilines is 1. The predicted molar refractivity (Wildman–Crippen MR) is 122 cm³/mol. The summed E-state index contributed by atoms with van der Waals surface area (Å²) in [6.07, 6.45) is 0.240. The Kier molecular flexibility index (Phi) is 6.31. The van der Waals surface area contributed by atoms with Crippen LogP contribution in [0.25, 0.3) is 0 Å². The minimum atomic E-state index is -3.64. The number of ether oxygens (including phenoxy) is 2. The lowest BCUT2D eigenvalue weighted by Gasteiger charge is -2.23. The second-order valence-electron chi connectivity index (χ2n) is 7.89. The van der Waals surface area contributed by atoms with E-state index >= 15 is 0 Å². The summed E-state index contributed by atoms with van der Waals surface area (Å²) in [6.45, 7) is 6.12. The number of carbonyl (C=O) groups excluding carboxylic acids is 2. The fraction of sp³-hybridized carbons (Fsp3) is 0.391. The smallest absolute Gasteiger partial charge is 0.243 e. The van der Waals surface area contributed by atoms with Gasteiger partial charge >= 0.3 is 0 Å². The third kappa shape index (κ3) is 4.28. The summed E-state index contributed by atoms with van der Waals surface area (Å²) in [7, 11) is -3.64. The summed E-state index contributed by atoms with van der Waals surface area (Å²) >= 11 is 0. The van der Waals surface area contributed by atoms with Crippen LogP contribution in [0.3, 0.4) is 0 Å². The molecule has 10 heteroatoms. The maximum Gasteiger partial charge on any atom is 0.243 e. The Morgan fingerprint density at radius 2 is 1.82 bits per heavy atom. The Morgan fingerprint density at radius 1 is 1.09 bits per heavy atom. The quantitative estimate of drug-likeness (QED) is 0.660. The Balaban J connectivity index is 1.53. The van der Waals surface area contributed by atoms with Gasteiger partial charge in [0, 0.05) is 38.7 Å². The van der Waals surface area contributed by atoms with Gasteiger partial charge < -0.3 is 14.8 Å². The number of amides is 2. The zero-order valence-corrected chi connectivity index (χ0v) is 19.6. The molecule has 0 aromatic heterocycles. The molecule has 4 rings (SSSR count). The van der Waals surface area contributed by atoms with E-state index in [1.807, 2.05) is 6.07 Å². The number of rotatable bonds is 7. The number of carbonyl (C=O) groups is 2. The van der Waals surface area contributed by atoms with Crippen LogP contribution in [0.1, 0.15) is 31.9 Å². The van der Waals surface area contributed by atoms with Gasteiger partial charge in [0.2, 0.25) is 28.6 Å². The molecule has 2 aliphatic rings. The van der Waals surface area contributed by atoms with Gasteiger partial charge in [-0.25, -0.2) is 8.42 Å². The van der Waals surface area contributed by atoms with Gasteiger partial charge in [-0.3, -0.25) is 14.5 Å². The van der Waals surface area contributed by atoms with E-state index in [2.05, 4.69) is 5.32 Å². The van der Waals surface area contributed by atoms with Gasteiger partial charge in [0.05, 0.1) is 4.90 Å². The molecule has 0 saturated heterocycles. The van der Waals surface area contributed by atoms with Gasteiger partial charge in [0.25, 0.3) is 0 Å². The van der Waals surface area contributed by atoms with Crippen molar-refractivity contribution < 1.29 is 27.5 Å². The minimum absolute atomic E-state index is 0.162. The molecule has 1 atom stereocenters. The summed E-state index contributed by atoms with van der Waals surface area (Å²) in [5, 5.41) is 2.88. The van der Waals surface area contributed by atoms with Crippen molar-refractivity contribution in [3.8, 4) is 11.5 Å². The number of benzene rings is 2. The molecule has 2 aromatic carbocycles. The second kappa shape index (κ2) is 9.03. The van der Waals surface area contributed by atoms with Crippen LogP contribution < -0.4 is 19.7 Å². The molecule has 33 heavy (non-hydrogen) atoms. The molecule has 0 unspecified atom stereocenters. The molecule has 2 heterocycles. The van der Waals surface area contributed by atoms with E-state index in [4.69, 9.17) is 9.47 Å². The average molecular weight is 474 g/mol. The normalized spacial score (nSPS) is 16.7. The predicted octanol–water partition coefficient (Wildman–Crippen LogP) is 2.04. The van der Waals surface area contributed by atoms with Crippen molar-refractivity contribution in [2.75, 3.05) is 24.8 Å². The van der Waals surface area contributed by atoms with Crippen molar-refractivity contribution >= 4 is 27.5 Å². The van der Waals surface area contributed by atoms with Gasteiger partial charge in [-0.1, -0.05) is 19.9 Å². The first kappa shape index (κ1) is 23.1. The van der Waals surface area contributed by atoms with Crippen molar-refractivity contribution in [2.24, 2.45) is 0 Å². The van der Waals surface area contributed by atoms with Crippen molar-refractivity contribution in [1.82, 2.24) is 9.62 Å². The van der Waals surface area contributed by atoms with Crippen LogP contribution in [0.4, 0.5) is 5.69 Å². The molecule has 9 nitrogen and oxygen atoms in total. The third-order valence-corrected chi connectivity index (χ3v) is 7.97. The maximum atomic E-state index is 13.0. The van der Waals surface area contributed by atoms with E-state index in [1.54, 1.807) is 38.1 Å². The van der Waals surface area contributed by atoms with Gasteiger partial charge in [0.1, 0.15) is 6.04 Å². The standard InChI is InChI=1S/C23H27N3O6S/c1-4-25(5-2)33(29,30)18-7-8-19-17(11-18)12-20(26(19)15(3)27)23(28)24-13-16-6-9-21-22(10-16)32-14-31-21/h6-11,20H,4-5,12-14H2,1-3H3,(H,24,28)/t20-/m1/s1. The molecule has 0 fully saturated rings. The van der Waals surface area contributed by atoms with E-state index in [9.17, 15) is 18.0 Å². The Morgan fingerprint density at radius 3 is 2.52 bits per heavy atom. The largest absolute Gasteiger partial charge is 0.454 e. The van der Waals surface area contributed by atoms with Crippen molar-refractivity contribution in [3.05, 3.63) is 47.5 Å². The number of sulfonamides is 1. The molecule has 2 aromatic rings. The molecule has 0 spiro atoms.